The van der Waals surface area contributed by atoms with Crippen LogP contribution in [-0.2, 0) is 16.0 Å². The first-order valence-electron chi connectivity index (χ1n) is 9.66. The van der Waals surface area contributed by atoms with Gasteiger partial charge < -0.3 is 4.74 Å². The van der Waals surface area contributed by atoms with Crippen LogP contribution in [0, 0.1) is 28.6 Å². The number of benzene rings is 2. The van der Waals surface area contributed by atoms with E-state index in [0.717, 1.165) is 24.2 Å². The van der Waals surface area contributed by atoms with Crippen LogP contribution in [0.1, 0.15) is 36.5 Å². The summed E-state index contributed by atoms with van der Waals surface area (Å²) in [7, 11) is 1.64. The molecule has 0 amide bonds. The maximum absolute atomic E-state index is 13.6. The molecular formula is C24H21Cl2NO2. The molecule has 1 saturated carbocycles. The maximum Gasteiger partial charge on any atom is 0.170 e. The van der Waals surface area contributed by atoms with Gasteiger partial charge >= 0.3 is 0 Å². The van der Waals surface area contributed by atoms with E-state index in [1.165, 1.54) is 0 Å². The minimum Gasteiger partial charge on any atom is -0.500 e. The van der Waals surface area contributed by atoms with Crippen LogP contribution in [0.25, 0.3) is 5.57 Å². The van der Waals surface area contributed by atoms with E-state index in [1.807, 2.05) is 24.3 Å². The molecule has 2 aromatic rings. The monoisotopic (exact) mass is 425 g/mol. The van der Waals surface area contributed by atoms with Gasteiger partial charge in [0.05, 0.1) is 24.3 Å². The van der Waals surface area contributed by atoms with Gasteiger partial charge in [0.2, 0.25) is 0 Å². The van der Waals surface area contributed by atoms with Gasteiger partial charge in [-0.3, -0.25) is 4.79 Å². The number of carbonyl (C=O) groups excluding carboxylic acids is 1. The Balaban J connectivity index is 1.85. The summed E-state index contributed by atoms with van der Waals surface area (Å²) in [5, 5.41) is 10.1. The Morgan fingerprint density at radius 1 is 1.17 bits per heavy atom. The van der Waals surface area contributed by atoms with Crippen molar-refractivity contribution >= 4 is 34.6 Å². The summed E-state index contributed by atoms with van der Waals surface area (Å²) >= 11 is 12.4. The molecule has 29 heavy (non-hydrogen) atoms. The lowest BCUT2D eigenvalue weighted by Crippen LogP contribution is -2.30. The number of allylic oxidation sites excluding steroid dienone is 2. The van der Waals surface area contributed by atoms with Crippen molar-refractivity contribution in [3.8, 4) is 6.07 Å². The number of halogens is 2. The fourth-order valence-corrected chi connectivity index (χ4v) is 5.76. The number of nitrogens with zero attached hydrogens (tertiary/aromatic N) is 1. The Labute approximate surface area is 180 Å². The van der Waals surface area contributed by atoms with Crippen molar-refractivity contribution in [2.24, 2.45) is 17.3 Å². The van der Waals surface area contributed by atoms with Crippen LogP contribution in [-0.4, -0.2) is 12.9 Å². The largest absolute Gasteiger partial charge is 0.500 e. The number of carbonyl (C=O) groups is 1. The smallest absolute Gasteiger partial charge is 0.170 e. The lowest BCUT2D eigenvalue weighted by atomic mass is 9.74. The van der Waals surface area contributed by atoms with Gasteiger partial charge in [-0.25, -0.2) is 0 Å². The first-order chi connectivity index (χ1) is 13.9. The molecule has 3 nitrogen and oxygen atoms in total. The topological polar surface area (TPSA) is 50.1 Å². The molecule has 2 aromatic carbocycles. The van der Waals surface area contributed by atoms with Gasteiger partial charge in [0.25, 0.3) is 0 Å². The summed E-state index contributed by atoms with van der Waals surface area (Å²) in [6, 6.07) is 15.0. The maximum atomic E-state index is 13.6. The average Bonchev–Trinajstić information content (AvgIpc) is 3.11. The quantitative estimate of drug-likeness (QED) is 0.595. The number of hydrogen-bond acceptors (Lipinski definition) is 3. The predicted molar refractivity (Wildman–Crippen MR) is 115 cm³/mol. The summed E-state index contributed by atoms with van der Waals surface area (Å²) in [5.41, 5.74) is 2.65. The molecule has 1 unspecified atom stereocenters. The molecule has 0 heterocycles. The first-order valence-corrected chi connectivity index (χ1v) is 10.4. The number of ether oxygens (including phenoxy) is 1. The molecule has 0 bridgehead atoms. The van der Waals surface area contributed by atoms with Crippen LogP contribution in [0.5, 0.6) is 0 Å². The van der Waals surface area contributed by atoms with Crippen molar-refractivity contribution in [2.45, 2.75) is 26.2 Å². The van der Waals surface area contributed by atoms with E-state index >= 15 is 0 Å². The second kappa shape index (κ2) is 7.52. The van der Waals surface area contributed by atoms with Gasteiger partial charge in [-0.05, 0) is 66.6 Å². The van der Waals surface area contributed by atoms with Gasteiger partial charge in [-0.1, -0.05) is 42.3 Å². The molecule has 2 aliphatic carbocycles. The number of nitriles is 1. The zero-order valence-corrected chi connectivity index (χ0v) is 17.8. The Hall–Kier alpha value is -2.28. The van der Waals surface area contributed by atoms with Crippen LogP contribution in [0.15, 0.2) is 48.2 Å². The zero-order chi connectivity index (χ0) is 20.8. The fourth-order valence-electron chi connectivity index (χ4n) is 5.23. The van der Waals surface area contributed by atoms with Crippen LogP contribution in [0.3, 0.4) is 0 Å². The highest BCUT2D eigenvalue weighted by Gasteiger charge is 2.59. The Kier molecular flexibility index (Phi) is 5.19. The van der Waals surface area contributed by atoms with E-state index in [9.17, 15) is 4.79 Å². The van der Waals surface area contributed by atoms with Gasteiger partial charge in [-0.2, -0.15) is 5.26 Å². The molecule has 0 radical (unpaired) electrons. The average molecular weight is 426 g/mol. The van der Waals surface area contributed by atoms with Crippen molar-refractivity contribution in [2.75, 3.05) is 7.11 Å². The Morgan fingerprint density at radius 3 is 2.41 bits per heavy atom. The minimum absolute atomic E-state index is 0.109. The second-order valence-corrected chi connectivity index (χ2v) is 9.04. The van der Waals surface area contributed by atoms with Crippen LogP contribution >= 0.6 is 23.2 Å². The number of methoxy groups -OCH3 is 1. The molecule has 2 aliphatic rings. The van der Waals surface area contributed by atoms with Crippen molar-refractivity contribution in [3.63, 3.8) is 0 Å². The Morgan fingerprint density at radius 2 is 1.83 bits per heavy atom. The van der Waals surface area contributed by atoms with Gasteiger partial charge in [0.1, 0.15) is 5.76 Å². The van der Waals surface area contributed by atoms with Crippen LogP contribution in [0.4, 0.5) is 0 Å². The highest BCUT2D eigenvalue weighted by atomic mass is 35.5. The van der Waals surface area contributed by atoms with Gasteiger partial charge in [0.15, 0.2) is 5.78 Å². The predicted octanol–water partition coefficient (Wildman–Crippen LogP) is 6.08. The molecule has 3 atom stereocenters. The third kappa shape index (κ3) is 3.35. The fraction of sp³-hybridized carbons (Fsp3) is 0.333. The summed E-state index contributed by atoms with van der Waals surface area (Å²) in [6.45, 7) is 2.19. The number of ketones is 1. The van der Waals surface area contributed by atoms with Crippen molar-refractivity contribution < 1.29 is 9.53 Å². The van der Waals surface area contributed by atoms with Gasteiger partial charge in [0, 0.05) is 21.4 Å². The molecule has 0 aromatic heterocycles. The molecule has 0 aliphatic heterocycles. The summed E-state index contributed by atoms with van der Waals surface area (Å²) in [5.74, 6) is 1.14. The lowest BCUT2D eigenvalue weighted by Gasteiger charge is -2.31. The molecule has 4 rings (SSSR count). The lowest BCUT2D eigenvalue weighted by molar-refractivity contribution is -0.118. The number of hydrogen-bond donors (Lipinski definition) is 0. The van der Waals surface area contributed by atoms with E-state index in [4.69, 9.17) is 33.2 Å². The normalized spacial score (nSPS) is 25.8. The summed E-state index contributed by atoms with van der Waals surface area (Å²) in [4.78, 5) is 13.6. The molecule has 1 fully saturated rings. The standard InChI is InChI=1S/C24H21Cl2NO2/c1-14-7-20-22(28)21(17-8-18(25)10-19(26)9-17)23(29-2)24(20,11-14)12-15-3-5-16(13-27)6-4-15/h3-6,8-10,14,20H,7,11-12H2,1-2H3/t14-,20?,24+/m1/s1. The van der Waals surface area contributed by atoms with Crippen LogP contribution < -0.4 is 0 Å². The zero-order valence-electron chi connectivity index (χ0n) is 16.3. The van der Waals surface area contributed by atoms with E-state index < -0.39 is 0 Å². The third-order valence-electron chi connectivity index (χ3n) is 6.22. The number of rotatable bonds is 4. The summed E-state index contributed by atoms with van der Waals surface area (Å²) in [6.07, 6.45) is 2.41. The first kappa shape index (κ1) is 20.0. The number of fused-ring (bicyclic) bond motifs is 1. The van der Waals surface area contributed by atoms with E-state index in [0.29, 0.717) is 39.1 Å². The Bertz CT molecular complexity index is 1030. The second-order valence-electron chi connectivity index (χ2n) is 8.17. The van der Waals surface area contributed by atoms with Gasteiger partial charge in [-0.15, -0.1) is 0 Å². The van der Waals surface area contributed by atoms with Crippen molar-refractivity contribution in [1.29, 1.82) is 5.26 Å². The van der Waals surface area contributed by atoms with Crippen molar-refractivity contribution in [1.82, 2.24) is 0 Å². The molecule has 0 spiro atoms. The van der Waals surface area contributed by atoms with Crippen LogP contribution in [0.2, 0.25) is 10.0 Å². The molecule has 0 N–H and O–H groups in total. The summed E-state index contributed by atoms with van der Waals surface area (Å²) < 4.78 is 5.93. The molecular weight excluding hydrogens is 405 g/mol. The SMILES string of the molecule is COC1=C(c2cc(Cl)cc(Cl)c2)C(=O)C2C[C@@H](C)C[C@@]12Cc1ccc(C#N)cc1. The van der Waals surface area contributed by atoms with Crippen molar-refractivity contribution in [3.05, 3.63) is 75.0 Å². The highest BCUT2D eigenvalue weighted by molar-refractivity contribution is 6.35. The van der Waals surface area contributed by atoms with E-state index in [2.05, 4.69) is 13.0 Å². The molecule has 0 saturated heterocycles. The highest BCUT2D eigenvalue weighted by Crippen LogP contribution is 2.60. The number of Topliss-reactive ketones (excluding diaryl/α,β-unsaturated/α-hetero) is 1. The third-order valence-corrected chi connectivity index (χ3v) is 6.65. The molecule has 148 valence electrons. The minimum atomic E-state index is -0.385. The van der Waals surface area contributed by atoms with E-state index in [1.54, 1.807) is 25.3 Å². The molecule has 5 heteroatoms. The van der Waals surface area contributed by atoms with E-state index in [-0.39, 0.29) is 17.1 Å².